The SMILES string of the molecule is COc1cc2ccnc(N3CCN(C(=O)OCC(C)(C)Cl)CC3)c2cc1OC. The normalized spacial score (nSPS) is 14.9. The van der Waals surface area contributed by atoms with Crippen molar-refractivity contribution in [1.29, 1.82) is 0 Å². The summed E-state index contributed by atoms with van der Waals surface area (Å²) in [4.78, 5) is 20.1. The monoisotopic (exact) mass is 407 g/mol. The van der Waals surface area contributed by atoms with E-state index in [1.165, 1.54) is 0 Å². The molecule has 0 N–H and O–H groups in total. The van der Waals surface area contributed by atoms with Crippen LogP contribution in [0, 0.1) is 0 Å². The highest BCUT2D eigenvalue weighted by atomic mass is 35.5. The van der Waals surface area contributed by atoms with E-state index in [4.69, 9.17) is 25.8 Å². The van der Waals surface area contributed by atoms with Crippen LogP contribution in [0.25, 0.3) is 10.8 Å². The van der Waals surface area contributed by atoms with Crippen molar-refractivity contribution < 1.29 is 19.0 Å². The van der Waals surface area contributed by atoms with Gasteiger partial charge in [0.15, 0.2) is 11.5 Å². The van der Waals surface area contributed by atoms with Crippen LogP contribution in [-0.4, -0.2) is 67.9 Å². The van der Waals surface area contributed by atoms with Gasteiger partial charge in [0.2, 0.25) is 0 Å². The van der Waals surface area contributed by atoms with Gasteiger partial charge in [-0.15, -0.1) is 11.6 Å². The van der Waals surface area contributed by atoms with Gasteiger partial charge in [-0.2, -0.15) is 0 Å². The first-order valence-corrected chi connectivity index (χ1v) is 9.56. The van der Waals surface area contributed by atoms with Gasteiger partial charge in [-0.3, -0.25) is 0 Å². The molecule has 1 saturated heterocycles. The van der Waals surface area contributed by atoms with Crippen molar-refractivity contribution in [1.82, 2.24) is 9.88 Å². The van der Waals surface area contributed by atoms with Crippen molar-refractivity contribution in [2.45, 2.75) is 18.7 Å². The van der Waals surface area contributed by atoms with E-state index in [0.29, 0.717) is 37.7 Å². The number of amides is 1. The average Bonchev–Trinajstić information content (AvgIpc) is 2.70. The minimum atomic E-state index is -0.565. The summed E-state index contributed by atoms with van der Waals surface area (Å²) >= 11 is 6.09. The fourth-order valence-corrected chi connectivity index (χ4v) is 3.22. The smallest absolute Gasteiger partial charge is 0.409 e. The van der Waals surface area contributed by atoms with Gasteiger partial charge in [0.05, 0.1) is 19.1 Å². The molecule has 0 saturated carbocycles. The third kappa shape index (κ3) is 4.52. The predicted molar refractivity (Wildman–Crippen MR) is 110 cm³/mol. The lowest BCUT2D eigenvalue weighted by Gasteiger charge is -2.35. The number of hydrogen-bond donors (Lipinski definition) is 0. The number of fused-ring (bicyclic) bond motifs is 1. The third-order valence-corrected chi connectivity index (χ3v) is 4.73. The van der Waals surface area contributed by atoms with Crippen LogP contribution in [0.15, 0.2) is 24.4 Å². The topological polar surface area (TPSA) is 64.1 Å². The number of piperazine rings is 1. The van der Waals surface area contributed by atoms with Gasteiger partial charge in [-0.05, 0) is 37.4 Å². The first-order valence-electron chi connectivity index (χ1n) is 9.18. The maximum Gasteiger partial charge on any atom is 0.409 e. The number of rotatable bonds is 5. The van der Waals surface area contributed by atoms with Gasteiger partial charge in [0, 0.05) is 37.8 Å². The van der Waals surface area contributed by atoms with Crippen molar-refractivity contribution in [3.05, 3.63) is 24.4 Å². The van der Waals surface area contributed by atoms with Gasteiger partial charge >= 0.3 is 6.09 Å². The second kappa shape index (κ2) is 8.31. The number of aromatic nitrogens is 1. The number of ether oxygens (including phenoxy) is 3. The first kappa shape index (κ1) is 20.3. The number of hydrogen-bond acceptors (Lipinski definition) is 6. The number of alkyl halides is 1. The highest BCUT2D eigenvalue weighted by molar-refractivity contribution is 6.23. The van der Waals surface area contributed by atoms with Crippen molar-refractivity contribution >= 4 is 34.3 Å². The van der Waals surface area contributed by atoms with Crippen LogP contribution in [-0.2, 0) is 4.74 Å². The molecule has 1 amide bonds. The zero-order valence-corrected chi connectivity index (χ0v) is 17.5. The third-order valence-electron chi connectivity index (χ3n) is 4.62. The van der Waals surface area contributed by atoms with Crippen LogP contribution in [0.1, 0.15) is 13.8 Å². The Morgan fingerprint density at radius 3 is 2.39 bits per heavy atom. The van der Waals surface area contributed by atoms with Crippen molar-refractivity contribution in [2.75, 3.05) is 51.9 Å². The minimum absolute atomic E-state index is 0.181. The fourth-order valence-electron chi connectivity index (χ4n) is 3.16. The molecule has 1 aliphatic heterocycles. The van der Waals surface area contributed by atoms with E-state index in [0.717, 1.165) is 16.6 Å². The average molecular weight is 408 g/mol. The largest absolute Gasteiger partial charge is 0.493 e. The molecule has 7 nitrogen and oxygen atoms in total. The zero-order valence-electron chi connectivity index (χ0n) is 16.7. The number of benzene rings is 1. The Kier molecular flexibility index (Phi) is 6.03. The molecule has 8 heteroatoms. The first-order chi connectivity index (χ1) is 13.3. The molecule has 0 radical (unpaired) electrons. The maximum absolute atomic E-state index is 12.2. The molecule has 1 aromatic heterocycles. The molecule has 3 rings (SSSR count). The summed E-state index contributed by atoms with van der Waals surface area (Å²) in [7, 11) is 3.24. The Hall–Kier alpha value is -2.41. The molecule has 1 fully saturated rings. The van der Waals surface area contributed by atoms with Gasteiger partial charge in [0.1, 0.15) is 12.4 Å². The molecule has 0 bridgehead atoms. The van der Waals surface area contributed by atoms with Crippen LogP contribution >= 0.6 is 11.6 Å². The number of carbonyl (C=O) groups excluding carboxylic acids is 1. The van der Waals surface area contributed by atoms with E-state index < -0.39 is 4.87 Å². The van der Waals surface area contributed by atoms with Crippen molar-refractivity contribution in [2.24, 2.45) is 0 Å². The van der Waals surface area contributed by atoms with Crippen LogP contribution in [0.4, 0.5) is 10.6 Å². The van der Waals surface area contributed by atoms with Crippen LogP contribution in [0.5, 0.6) is 11.5 Å². The molecule has 0 spiro atoms. The van der Waals surface area contributed by atoms with Gasteiger partial charge in [-0.1, -0.05) is 0 Å². The Morgan fingerprint density at radius 1 is 1.14 bits per heavy atom. The lowest BCUT2D eigenvalue weighted by atomic mass is 10.1. The minimum Gasteiger partial charge on any atom is -0.493 e. The van der Waals surface area contributed by atoms with Crippen molar-refractivity contribution in [3.8, 4) is 11.5 Å². The van der Waals surface area contributed by atoms with Gasteiger partial charge in [0.25, 0.3) is 0 Å². The summed E-state index contributed by atoms with van der Waals surface area (Å²) in [5, 5.41) is 2.01. The number of pyridine rings is 1. The predicted octanol–water partition coefficient (Wildman–Crippen LogP) is 3.53. The number of carbonyl (C=O) groups is 1. The zero-order chi connectivity index (χ0) is 20.3. The van der Waals surface area contributed by atoms with E-state index in [2.05, 4.69) is 9.88 Å². The molecule has 152 valence electrons. The number of nitrogens with zero attached hydrogens (tertiary/aromatic N) is 3. The summed E-state index contributed by atoms with van der Waals surface area (Å²) < 4.78 is 16.1. The second-order valence-corrected chi connectivity index (χ2v) is 8.33. The van der Waals surface area contributed by atoms with E-state index in [1.54, 1.807) is 25.3 Å². The Bertz CT molecular complexity index is 845. The Balaban J connectivity index is 1.74. The standard InChI is InChI=1S/C20H26ClN3O4/c1-20(2,21)13-28-19(25)24-9-7-23(8-10-24)18-15-12-17(27-4)16(26-3)11-14(15)5-6-22-18/h5-6,11-12H,7-10,13H2,1-4H3. The second-order valence-electron chi connectivity index (χ2n) is 7.31. The van der Waals surface area contributed by atoms with Gasteiger partial charge in [-0.25, -0.2) is 9.78 Å². The van der Waals surface area contributed by atoms with Gasteiger partial charge < -0.3 is 24.0 Å². The fraction of sp³-hybridized carbons (Fsp3) is 0.500. The summed E-state index contributed by atoms with van der Waals surface area (Å²) in [5.41, 5.74) is 0. The molecule has 28 heavy (non-hydrogen) atoms. The van der Waals surface area contributed by atoms with E-state index in [9.17, 15) is 4.79 Å². The molecule has 0 atom stereocenters. The summed E-state index contributed by atoms with van der Waals surface area (Å²) in [6.07, 6.45) is 1.46. The van der Waals surface area contributed by atoms with E-state index in [1.807, 2.05) is 32.0 Å². The quantitative estimate of drug-likeness (QED) is 0.706. The van der Waals surface area contributed by atoms with Crippen LogP contribution in [0.3, 0.4) is 0 Å². The van der Waals surface area contributed by atoms with Crippen LogP contribution in [0.2, 0.25) is 0 Å². The molecule has 0 aliphatic carbocycles. The van der Waals surface area contributed by atoms with E-state index >= 15 is 0 Å². The number of methoxy groups -OCH3 is 2. The molecule has 0 unspecified atom stereocenters. The maximum atomic E-state index is 12.2. The lowest BCUT2D eigenvalue weighted by Crippen LogP contribution is -2.49. The highest BCUT2D eigenvalue weighted by Crippen LogP contribution is 2.35. The number of halogens is 1. The highest BCUT2D eigenvalue weighted by Gasteiger charge is 2.26. The lowest BCUT2D eigenvalue weighted by molar-refractivity contribution is 0.0934. The Labute approximate surface area is 170 Å². The summed E-state index contributed by atoms with van der Waals surface area (Å²) in [5.74, 6) is 2.21. The van der Waals surface area contributed by atoms with Crippen molar-refractivity contribution in [3.63, 3.8) is 0 Å². The molecule has 2 aromatic rings. The molecule has 1 aliphatic rings. The molecule has 2 heterocycles. The Morgan fingerprint density at radius 2 is 1.79 bits per heavy atom. The van der Waals surface area contributed by atoms with E-state index in [-0.39, 0.29) is 12.7 Å². The molecule has 1 aromatic carbocycles. The summed E-state index contributed by atoms with van der Waals surface area (Å²) in [6, 6.07) is 5.84. The molecular weight excluding hydrogens is 382 g/mol. The van der Waals surface area contributed by atoms with Crippen LogP contribution < -0.4 is 14.4 Å². The summed E-state index contributed by atoms with van der Waals surface area (Å²) in [6.45, 7) is 6.27. The molecular formula is C20H26ClN3O4. The number of anilines is 1.